The smallest absolute Gasteiger partial charge is 0.227 e. The summed E-state index contributed by atoms with van der Waals surface area (Å²) < 4.78 is -8.09. The van der Waals surface area contributed by atoms with Gasteiger partial charge in [-0.25, -0.2) is 5.11 Å². The fourth-order valence-electron chi connectivity index (χ4n) is 1.71. The lowest BCUT2D eigenvalue weighted by molar-refractivity contribution is 0.197. The zero-order valence-corrected chi connectivity index (χ0v) is 18.4. The van der Waals surface area contributed by atoms with Gasteiger partial charge in [-0.05, 0) is 29.2 Å². The van der Waals surface area contributed by atoms with Crippen molar-refractivity contribution >= 4 is 116 Å². The van der Waals surface area contributed by atoms with Gasteiger partial charge >= 0.3 is 0 Å². The molecule has 1 rings (SSSR count). The molecule has 0 saturated heterocycles. The Labute approximate surface area is 183 Å². The molecule has 23 heavy (non-hydrogen) atoms. The van der Waals surface area contributed by atoms with Gasteiger partial charge < -0.3 is 0 Å². The lowest BCUT2D eigenvalue weighted by Crippen LogP contribution is -2.32. The van der Waals surface area contributed by atoms with Gasteiger partial charge in [-0.2, -0.15) is 0 Å². The topological polar surface area (TPSA) is 19.9 Å². The molecule has 0 unspecified atom stereocenters. The number of alkyl halides is 10. The Morgan fingerprint density at radius 2 is 1.22 bits per heavy atom. The number of hydrogen-bond donors (Lipinski definition) is 0. The number of benzene rings is 1. The summed E-state index contributed by atoms with van der Waals surface area (Å²) in [4.78, 5) is 0. The van der Waals surface area contributed by atoms with Gasteiger partial charge in [-0.1, -0.05) is 128 Å². The zero-order valence-electron chi connectivity index (χ0n) is 10.8. The minimum Gasteiger partial charge on any atom is -0.236 e. The quantitative estimate of drug-likeness (QED) is 0.363. The second-order valence-corrected chi connectivity index (χ2v) is 11.7. The minimum atomic E-state index is -2.10. The van der Waals surface area contributed by atoms with Crippen LogP contribution in [0.4, 0.5) is 0 Å². The lowest BCUT2D eigenvalue weighted by Gasteiger charge is -2.33. The Bertz CT molecular complexity index is 558. The van der Waals surface area contributed by atoms with Crippen LogP contribution in [0, 0.1) is 0 Å². The lowest BCUT2D eigenvalue weighted by atomic mass is 9.97. The summed E-state index contributed by atoms with van der Waals surface area (Å²) in [6.45, 7) is -0.437. The maximum absolute atomic E-state index is 11.0. The summed E-state index contributed by atoms with van der Waals surface area (Å²) in [5.41, 5.74) is 0.744. The van der Waals surface area contributed by atoms with Gasteiger partial charge in [0, 0.05) is 0 Å². The molecule has 0 aliphatic heterocycles. The molecule has 1 aromatic rings. The van der Waals surface area contributed by atoms with Gasteiger partial charge in [0.25, 0.3) is 0 Å². The van der Waals surface area contributed by atoms with Gasteiger partial charge in [0.2, 0.25) is 7.59 Å². The second-order valence-electron chi connectivity index (χ2n) is 4.47. The van der Waals surface area contributed by atoms with Crippen molar-refractivity contribution in [2.24, 2.45) is 0 Å². The molecule has 1 aromatic carbocycles. The Kier molecular flexibility index (Phi) is 8.03. The number of rotatable bonds is 4. The van der Waals surface area contributed by atoms with Crippen molar-refractivity contribution in [1.82, 2.24) is 0 Å². The number of halogens is 10. The highest BCUT2D eigenvalue weighted by Gasteiger charge is 2.51. The Morgan fingerprint density at radius 3 is 1.61 bits per heavy atom. The molecule has 0 aliphatic carbocycles. The van der Waals surface area contributed by atoms with Gasteiger partial charge in [-0.15, -0.1) is 0 Å². The molecule has 0 bridgehead atoms. The molecule has 11 heteroatoms. The van der Waals surface area contributed by atoms with E-state index in [1.54, 1.807) is 0 Å². The highest BCUT2D eigenvalue weighted by Crippen LogP contribution is 2.57. The van der Waals surface area contributed by atoms with Gasteiger partial charge in [0.05, 0.1) is 6.61 Å². The normalized spacial score (nSPS) is 14.2. The summed E-state index contributed by atoms with van der Waals surface area (Å²) in [5, 5.41) is 11.0. The Balaban J connectivity index is 3.58. The van der Waals surface area contributed by atoms with E-state index in [1.807, 2.05) is 0 Å². The van der Waals surface area contributed by atoms with Crippen LogP contribution < -0.4 is 0 Å². The third kappa shape index (κ3) is 5.08. The molecule has 0 aliphatic rings. The SMILES string of the molecule is [O]CCc1ccc(C(Cl)(Cl)C(Cl)(Cl)Cl)cc1C(Cl)(Cl)C(Cl)(Cl)Cl. The van der Waals surface area contributed by atoms with Gasteiger partial charge in [-0.3, -0.25) is 0 Å². The highest BCUT2D eigenvalue weighted by atomic mass is 35.6. The molecule has 0 spiro atoms. The van der Waals surface area contributed by atoms with Crippen LogP contribution in [0.25, 0.3) is 0 Å². The minimum absolute atomic E-state index is 0.0862. The van der Waals surface area contributed by atoms with E-state index in [2.05, 4.69) is 0 Å². The first-order chi connectivity index (χ1) is 10.2. The second kappa shape index (κ2) is 7.98. The van der Waals surface area contributed by atoms with E-state index in [-0.39, 0.29) is 17.5 Å². The van der Waals surface area contributed by atoms with Crippen molar-refractivity contribution in [2.45, 2.75) is 22.7 Å². The van der Waals surface area contributed by atoms with Crippen molar-refractivity contribution < 1.29 is 5.11 Å². The predicted molar refractivity (Wildman–Crippen MR) is 103 cm³/mol. The van der Waals surface area contributed by atoms with E-state index in [0.29, 0.717) is 5.56 Å². The monoisotopic (exact) mass is 517 g/mol. The first-order valence-corrected chi connectivity index (χ1v) is 9.55. The third-order valence-electron chi connectivity index (χ3n) is 2.89. The van der Waals surface area contributed by atoms with Gasteiger partial charge in [0.1, 0.15) is 0 Å². The van der Waals surface area contributed by atoms with E-state index in [0.717, 1.165) is 0 Å². The molecule has 1 radical (unpaired) electrons. The van der Waals surface area contributed by atoms with Crippen LogP contribution in [0.3, 0.4) is 0 Å². The molecule has 0 saturated carbocycles. The molecule has 0 aromatic heterocycles. The summed E-state index contributed by atoms with van der Waals surface area (Å²) in [6, 6.07) is 4.32. The van der Waals surface area contributed by atoms with Crippen LogP contribution >= 0.6 is 116 Å². The standard InChI is InChI=1S/C12H7Cl10O/c13-9(14,11(17,18)19)7-2-1-6(3-4-23)8(5-7)10(15,16)12(20,21)22/h1-2,5H,3-4H2. The van der Waals surface area contributed by atoms with Crippen molar-refractivity contribution in [3.63, 3.8) is 0 Å². The fraction of sp³-hybridized carbons (Fsp3) is 0.500. The van der Waals surface area contributed by atoms with E-state index < -0.39 is 22.9 Å². The van der Waals surface area contributed by atoms with Crippen LogP contribution in [0.2, 0.25) is 0 Å². The van der Waals surface area contributed by atoms with Crippen molar-refractivity contribution in [3.8, 4) is 0 Å². The fourth-order valence-corrected chi connectivity index (χ4v) is 2.93. The molecule has 0 fully saturated rings. The first-order valence-electron chi connectivity index (χ1n) is 5.77. The molecule has 0 N–H and O–H groups in total. The third-order valence-corrected chi connectivity index (χ3v) is 7.73. The highest BCUT2D eigenvalue weighted by molar-refractivity contribution is 6.76. The van der Waals surface area contributed by atoms with Crippen LogP contribution in [0.15, 0.2) is 18.2 Å². The predicted octanol–water partition coefficient (Wildman–Crippen LogP) is 7.66. The molecular formula is C12H7Cl10O. The average molecular weight is 522 g/mol. The Hall–Kier alpha value is 2.08. The summed E-state index contributed by atoms with van der Waals surface area (Å²) in [5.74, 6) is 0. The molecule has 1 nitrogen and oxygen atoms in total. The van der Waals surface area contributed by atoms with E-state index in [9.17, 15) is 5.11 Å². The van der Waals surface area contributed by atoms with E-state index in [4.69, 9.17) is 116 Å². The summed E-state index contributed by atoms with van der Waals surface area (Å²) in [7, 11) is 0. The molecule has 0 amide bonds. The average Bonchev–Trinajstić information content (AvgIpc) is 2.36. The molecule has 0 atom stereocenters. The van der Waals surface area contributed by atoms with E-state index in [1.165, 1.54) is 18.2 Å². The van der Waals surface area contributed by atoms with Crippen LogP contribution in [0.1, 0.15) is 16.7 Å². The molecular weight excluding hydrogens is 515 g/mol. The van der Waals surface area contributed by atoms with Crippen molar-refractivity contribution in [1.29, 1.82) is 0 Å². The van der Waals surface area contributed by atoms with E-state index >= 15 is 0 Å². The van der Waals surface area contributed by atoms with Crippen LogP contribution in [0.5, 0.6) is 0 Å². The molecule has 0 heterocycles. The van der Waals surface area contributed by atoms with Crippen LogP contribution in [-0.4, -0.2) is 14.2 Å². The zero-order chi connectivity index (χ0) is 18.3. The maximum Gasteiger partial charge on any atom is 0.227 e. The largest absolute Gasteiger partial charge is 0.236 e. The van der Waals surface area contributed by atoms with Crippen molar-refractivity contribution in [2.75, 3.05) is 6.61 Å². The Morgan fingerprint density at radius 1 is 0.739 bits per heavy atom. The van der Waals surface area contributed by atoms with Crippen molar-refractivity contribution in [3.05, 3.63) is 34.9 Å². The molecule has 131 valence electrons. The summed E-state index contributed by atoms with van der Waals surface area (Å²) in [6.07, 6.45) is 0.0862. The van der Waals surface area contributed by atoms with Gasteiger partial charge in [0.15, 0.2) is 8.67 Å². The van der Waals surface area contributed by atoms with Crippen LogP contribution in [-0.2, 0) is 20.2 Å². The first kappa shape index (κ1) is 23.1. The number of hydrogen-bond acceptors (Lipinski definition) is 0. The maximum atomic E-state index is 11.0. The summed E-state index contributed by atoms with van der Waals surface area (Å²) >= 11 is 59.5.